The lowest BCUT2D eigenvalue weighted by atomic mass is 10.2. The van der Waals surface area contributed by atoms with E-state index in [9.17, 15) is 18.0 Å². The number of sulfonamides is 1. The van der Waals surface area contributed by atoms with Gasteiger partial charge in [-0.25, -0.2) is 13.2 Å². The minimum Gasteiger partial charge on any atom is -0.449 e. The van der Waals surface area contributed by atoms with E-state index in [1.54, 1.807) is 12.1 Å². The number of hydrogen-bond acceptors (Lipinski definition) is 5. The van der Waals surface area contributed by atoms with Gasteiger partial charge < -0.3 is 10.1 Å². The molecule has 1 fully saturated rings. The second-order valence-corrected chi connectivity index (χ2v) is 7.64. The van der Waals surface area contributed by atoms with Crippen molar-refractivity contribution in [3.63, 3.8) is 0 Å². The maximum Gasteiger partial charge on any atom is 0.338 e. The minimum atomic E-state index is -3.25. The minimum absolute atomic E-state index is 0.140. The third kappa shape index (κ3) is 4.25. The van der Waals surface area contributed by atoms with Gasteiger partial charge in [-0.15, -0.1) is 0 Å². The van der Waals surface area contributed by atoms with Crippen molar-refractivity contribution in [3.05, 3.63) is 29.8 Å². The molecule has 0 aliphatic carbocycles. The zero-order valence-electron chi connectivity index (χ0n) is 13.8. The van der Waals surface area contributed by atoms with Crippen LogP contribution < -0.4 is 9.62 Å². The first kappa shape index (κ1) is 18.3. The molecule has 2 rings (SSSR count). The van der Waals surface area contributed by atoms with Gasteiger partial charge in [-0.05, 0) is 44.0 Å². The molecular weight excluding hydrogens is 332 g/mol. The second-order valence-electron chi connectivity index (χ2n) is 5.63. The first-order valence-corrected chi connectivity index (χ1v) is 9.55. The van der Waals surface area contributed by atoms with Crippen molar-refractivity contribution in [3.8, 4) is 0 Å². The molecule has 8 heteroatoms. The highest BCUT2D eigenvalue weighted by molar-refractivity contribution is 7.93. The number of hydrogen-bond donors (Lipinski definition) is 1. The predicted octanol–water partition coefficient (Wildman–Crippen LogP) is 1.30. The van der Waals surface area contributed by atoms with E-state index in [2.05, 4.69) is 5.32 Å². The maximum absolute atomic E-state index is 12.1. The molecule has 1 saturated heterocycles. The Kier molecular flexibility index (Phi) is 5.82. The van der Waals surface area contributed by atoms with Gasteiger partial charge in [-0.3, -0.25) is 9.10 Å². The van der Waals surface area contributed by atoms with Crippen LogP contribution in [0.15, 0.2) is 24.3 Å². The van der Waals surface area contributed by atoms with Gasteiger partial charge >= 0.3 is 5.97 Å². The summed E-state index contributed by atoms with van der Waals surface area (Å²) in [6.07, 6.45) is 0.506. The summed E-state index contributed by atoms with van der Waals surface area (Å²) in [5, 5.41) is 2.65. The zero-order valence-corrected chi connectivity index (χ0v) is 14.6. The van der Waals surface area contributed by atoms with Gasteiger partial charge in [0.15, 0.2) is 6.10 Å². The summed E-state index contributed by atoms with van der Waals surface area (Å²) < 4.78 is 30.2. The van der Waals surface area contributed by atoms with E-state index in [4.69, 9.17) is 4.74 Å². The van der Waals surface area contributed by atoms with E-state index in [-0.39, 0.29) is 17.2 Å². The molecule has 1 atom stereocenters. The van der Waals surface area contributed by atoms with Crippen molar-refractivity contribution in [2.75, 3.05) is 23.1 Å². The molecule has 132 valence electrons. The molecule has 1 aliphatic rings. The quantitative estimate of drug-likeness (QED) is 0.777. The maximum atomic E-state index is 12.1. The van der Waals surface area contributed by atoms with E-state index < -0.39 is 22.1 Å². The molecule has 1 unspecified atom stereocenters. The van der Waals surface area contributed by atoms with E-state index in [0.717, 1.165) is 6.42 Å². The number of nitrogens with zero attached hydrogens (tertiary/aromatic N) is 1. The SMILES string of the molecule is CCCNC(=O)C(C)OC(=O)c1ccc(N2CCCS2(=O)=O)cc1. The highest BCUT2D eigenvalue weighted by Gasteiger charge is 2.28. The fourth-order valence-electron chi connectivity index (χ4n) is 2.37. The second kappa shape index (κ2) is 7.65. The summed E-state index contributed by atoms with van der Waals surface area (Å²) in [6, 6.07) is 6.15. The average molecular weight is 354 g/mol. The third-order valence-corrected chi connectivity index (χ3v) is 5.56. The summed E-state index contributed by atoms with van der Waals surface area (Å²) in [7, 11) is -3.25. The summed E-state index contributed by atoms with van der Waals surface area (Å²) in [5.74, 6) is -0.823. The Labute approximate surface area is 142 Å². The van der Waals surface area contributed by atoms with Crippen LogP contribution >= 0.6 is 0 Å². The van der Waals surface area contributed by atoms with Crippen molar-refractivity contribution in [2.45, 2.75) is 32.8 Å². The first-order valence-electron chi connectivity index (χ1n) is 7.94. The standard InChI is InChI=1S/C16H22N2O5S/c1-3-9-17-15(19)12(2)23-16(20)13-5-7-14(8-6-13)18-10-4-11-24(18,21)22/h5-8,12H,3-4,9-11H2,1-2H3,(H,17,19). The Bertz CT molecular complexity index is 700. The number of ether oxygens (including phenoxy) is 1. The molecule has 0 spiro atoms. The fourth-order valence-corrected chi connectivity index (χ4v) is 3.93. The number of carbonyl (C=O) groups is 2. The van der Waals surface area contributed by atoms with Gasteiger partial charge in [-0.1, -0.05) is 6.92 Å². The van der Waals surface area contributed by atoms with Gasteiger partial charge in [0.1, 0.15) is 0 Å². The Balaban J connectivity index is 2.00. The van der Waals surface area contributed by atoms with Crippen molar-refractivity contribution < 1.29 is 22.7 Å². The van der Waals surface area contributed by atoms with Crippen molar-refractivity contribution in [1.29, 1.82) is 0 Å². The van der Waals surface area contributed by atoms with E-state index in [0.29, 0.717) is 25.2 Å². The van der Waals surface area contributed by atoms with Crippen LogP contribution in [0.2, 0.25) is 0 Å². The molecule has 1 amide bonds. The van der Waals surface area contributed by atoms with Crippen LogP contribution in [0, 0.1) is 0 Å². The molecule has 1 aromatic carbocycles. The number of amides is 1. The van der Waals surface area contributed by atoms with Crippen LogP contribution in [0.5, 0.6) is 0 Å². The van der Waals surface area contributed by atoms with E-state index in [1.807, 2.05) is 6.92 Å². The molecule has 0 saturated carbocycles. The van der Waals surface area contributed by atoms with Gasteiger partial charge in [0.25, 0.3) is 5.91 Å². The monoisotopic (exact) mass is 354 g/mol. The molecule has 0 aromatic heterocycles. The van der Waals surface area contributed by atoms with Crippen molar-refractivity contribution >= 4 is 27.6 Å². The van der Waals surface area contributed by atoms with Crippen LogP contribution in [0.4, 0.5) is 5.69 Å². The van der Waals surface area contributed by atoms with Gasteiger partial charge in [0.05, 0.1) is 17.0 Å². The fraction of sp³-hybridized carbons (Fsp3) is 0.500. The number of carbonyl (C=O) groups excluding carboxylic acids is 2. The number of esters is 1. The van der Waals surface area contributed by atoms with Crippen LogP contribution in [-0.2, 0) is 19.6 Å². The Hall–Kier alpha value is -2.09. The lowest BCUT2D eigenvalue weighted by molar-refractivity contribution is -0.129. The van der Waals surface area contributed by atoms with Crippen LogP contribution in [-0.4, -0.2) is 45.2 Å². The Morgan fingerprint density at radius 3 is 2.50 bits per heavy atom. The number of anilines is 1. The van der Waals surface area contributed by atoms with E-state index in [1.165, 1.54) is 23.4 Å². The van der Waals surface area contributed by atoms with Crippen LogP contribution in [0.25, 0.3) is 0 Å². The molecule has 0 radical (unpaired) electrons. The predicted molar refractivity (Wildman–Crippen MR) is 90.4 cm³/mol. The van der Waals surface area contributed by atoms with E-state index >= 15 is 0 Å². The number of rotatable bonds is 6. The largest absolute Gasteiger partial charge is 0.449 e. The number of nitrogens with one attached hydrogen (secondary N) is 1. The summed E-state index contributed by atoms with van der Waals surface area (Å²) in [4.78, 5) is 23.8. The highest BCUT2D eigenvalue weighted by Crippen LogP contribution is 2.24. The van der Waals surface area contributed by atoms with Crippen LogP contribution in [0.1, 0.15) is 37.0 Å². The summed E-state index contributed by atoms with van der Waals surface area (Å²) in [6.45, 7) is 4.41. The normalized spacial score (nSPS) is 17.3. The van der Waals surface area contributed by atoms with Crippen LogP contribution in [0.3, 0.4) is 0 Å². The summed E-state index contributed by atoms with van der Waals surface area (Å²) >= 11 is 0. The topological polar surface area (TPSA) is 92.8 Å². The average Bonchev–Trinajstić information content (AvgIpc) is 2.91. The molecule has 24 heavy (non-hydrogen) atoms. The molecule has 0 bridgehead atoms. The van der Waals surface area contributed by atoms with Gasteiger partial charge in [-0.2, -0.15) is 0 Å². The van der Waals surface area contributed by atoms with Crippen molar-refractivity contribution in [2.24, 2.45) is 0 Å². The molecule has 1 aliphatic heterocycles. The molecule has 1 heterocycles. The molecule has 1 aromatic rings. The lowest BCUT2D eigenvalue weighted by Gasteiger charge is -2.17. The highest BCUT2D eigenvalue weighted by atomic mass is 32.2. The van der Waals surface area contributed by atoms with Gasteiger partial charge in [0.2, 0.25) is 10.0 Å². The zero-order chi connectivity index (χ0) is 17.7. The molecule has 7 nitrogen and oxygen atoms in total. The number of benzene rings is 1. The third-order valence-electron chi connectivity index (χ3n) is 3.69. The molecular formula is C16H22N2O5S. The molecule has 1 N–H and O–H groups in total. The smallest absolute Gasteiger partial charge is 0.338 e. The van der Waals surface area contributed by atoms with Gasteiger partial charge in [0, 0.05) is 13.1 Å². The first-order chi connectivity index (χ1) is 11.3. The summed E-state index contributed by atoms with van der Waals surface area (Å²) in [5.41, 5.74) is 0.795. The Morgan fingerprint density at radius 1 is 1.29 bits per heavy atom. The Morgan fingerprint density at radius 2 is 1.96 bits per heavy atom. The lowest BCUT2D eigenvalue weighted by Crippen LogP contribution is -2.36. The van der Waals surface area contributed by atoms with Crippen molar-refractivity contribution in [1.82, 2.24) is 5.32 Å².